The maximum absolute atomic E-state index is 13.3. The Morgan fingerprint density at radius 1 is 1.40 bits per heavy atom. The quantitative estimate of drug-likeness (QED) is 0.666. The van der Waals surface area contributed by atoms with Gasteiger partial charge in [0, 0.05) is 4.83 Å². The molecule has 1 aliphatic rings. The number of halogens is 2. The molecule has 1 aromatic carbocycles. The van der Waals surface area contributed by atoms with Crippen LogP contribution in [-0.4, -0.2) is 4.83 Å². The molecule has 1 saturated carbocycles. The van der Waals surface area contributed by atoms with Crippen molar-refractivity contribution in [3.63, 3.8) is 0 Å². The lowest BCUT2D eigenvalue weighted by atomic mass is 9.80. The van der Waals surface area contributed by atoms with Crippen LogP contribution in [0.3, 0.4) is 0 Å². The largest absolute Gasteiger partial charge is 0.207 e. The molecule has 2 atom stereocenters. The summed E-state index contributed by atoms with van der Waals surface area (Å²) >= 11 is 3.65. The van der Waals surface area contributed by atoms with Gasteiger partial charge in [0.2, 0.25) is 0 Å². The molecule has 2 unspecified atom stereocenters. The molecule has 15 heavy (non-hydrogen) atoms. The van der Waals surface area contributed by atoms with Gasteiger partial charge in [0.05, 0.1) is 0 Å². The smallest absolute Gasteiger partial charge is 0.123 e. The Bertz CT molecular complexity index is 355. The molecule has 0 nitrogen and oxygen atoms in total. The third-order valence-corrected chi connectivity index (χ3v) is 4.20. The zero-order chi connectivity index (χ0) is 11.1. The molecular weight excluding hydrogens is 255 g/mol. The molecule has 2 heteroatoms. The highest BCUT2D eigenvalue weighted by Crippen LogP contribution is 2.43. The van der Waals surface area contributed by atoms with E-state index in [1.165, 1.54) is 6.42 Å². The van der Waals surface area contributed by atoms with Crippen molar-refractivity contribution in [3.8, 4) is 0 Å². The molecule has 0 aliphatic heterocycles. The molecule has 82 valence electrons. The van der Waals surface area contributed by atoms with E-state index in [2.05, 4.69) is 28.9 Å². The number of alkyl halides is 1. The Morgan fingerprint density at radius 2 is 2.13 bits per heavy atom. The van der Waals surface area contributed by atoms with Crippen LogP contribution in [0.5, 0.6) is 0 Å². The van der Waals surface area contributed by atoms with Gasteiger partial charge in [-0.15, -0.1) is 0 Å². The fraction of sp³-hybridized carbons (Fsp3) is 0.538. The molecule has 1 aromatic rings. The Labute approximate surface area is 99.0 Å². The molecule has 1 aliphatic carbocycles. The van der Waals surface area contributed by atoms with E-state index in [-0.39, 0.29) is 11.2 Å². The van der Waals surface area contributed by atoms with Crippen LogP contribution in [0.15, 0.2) is 18.2 Å². The molecule has 2 rings (SSSR count). The van der Waals surface area contributed by atoms with Crippen molar-refractivity contribution in [1.29, 1.82) is 0 Å². The average molecular weight is 271 g/mol. The van der Waals surface area contributed by atoms with E-state index in [0.29, 0.717) is 4.83 Å². The van der Waals surface area contributed by atoms with Crippen molar-refractivity contribution >= 4 is 15.9 Å². The van der Waals surface area contributed by atoms with E-state index < -0.39 is 0 Å². The third-order valence-electron chi connectivity index (χ3n) is 3.42. The second-order valence-corrected chi connectivity index (χ2v) is 6.21. The van der Waals surface area contributed by atoms with Gasteiger partial charge >= 0.3 is 0 Å². The van der Waals surface area contributed by atoms with Gasteiger partial charge in [0.25, 0.3) is 0 Å². The minimum Gasteiger partial charge on any atom is -0.207 e. The monoisotopic (exact) mass is 270 g/mol. The molecule has 0 amide bonds. The maximum Gasteiger partial charge on any atom is 0.123 e. The maximum atomic E-state index is 13.3. The number of hydrogen-bond donors (Lipinski definition) is 0. The Kier molecular flexibility index (Phi) is 2.89. The summed E-state index contributed by atoms with van der Waals surface area (Å²) in [5.41, 5.74) is 2.33. The molecule has 0 saturated heterocycles. The summed E-state index contributed by atoms with van der Waals surface area (Å²) in [5, 5.41) is 0. The summed E-state index contributed by atoms with van der Waals surface area (Å²) < 4.78 is 13.3. The topological polar surface area (TPSA) is 0 Å². The molecule has 0 bridgehead atoms. The van der Waals surface area contributed by atoms with Crippen LogP contribution in [0.1, 0.15) is 37.3 Å². The molecule has 0 aromatic heterocycles. The normalized spacial score (nSPS) is 30.8. The van der Waals surface area contributed by atoms with Crippen molar-refractivity contribution in [3.05, 3.63) is 35.1 Å². The van der Waals surface area contributed by atoms with Gasteiger partial charge in [-0.1, -0.05) is 28.9 Å². The van der Waals surface area contributed by atoms with E-state index in [4.69, 9.17) is 0 Å². The fourth-order valence-electron chi connectivity index (χ4n) is 2.52. The van der Waals surface area contributed by atoms with Crippen molar-refractivity contribution in [2.24, 2.45) is 0 Å². The van der Waals surface area contributed by atoms with Gasteiger partial charge in [-0.3, -0.25) is 0 Å². The first-order chi connectivity index (χ1) is 6.99. The average Bonchev–Trinajstić information content (AvgIpc) is 2.46. The highest BCUT2D eigenvalue weighted by Gasteiger charge is 2.35. The van der Waals surface area contributed by atoms with Crippen LogP contribution >= 0.6 is 15.9 Å². The van der Waals surface area contributed by atoms with Crippen LogP contribution < -0.4 is 0 Å². The van der Waals surface area contributed by atoms with Crippen LogP contribution in [-0.2, 0) is 5.41 Å². The predicted molar refractivity (Wildman–Crippen MR) is 65.1 cm³/mol. The predicted octanol–water partition coefficient (Wildman–Crippen LogP) is 4.34. The minimum absolute atomic E-state index is 0.107. The molecule has 0 radical (unpaired) electrons. The molecular formula is C13H16BrF. The lowest BCUT2D eigenvalue weighted by Gasteiger charge is -2.24. The number of hydrogen-bond acceptors (Lipinski definition) is 0. The Hall–Kier alpha value is -0.370. The molecule has 0 spiro atoms. The highest BCUT2D eigenvalue weighted by atomic mass is 79.9. The first-order valence-electron chi connectivity index (χ1n) is 5.41. The first-order valence-corrected chi connectivity index (χ1v) is 6.33. The van der Waals surface area contributed by atoms with Gasteiger partial charge in [0.1, 0.15) is 5.82 Å². The van der Waals surface area contributed by atoms with Crippen LogP contribution in [0, 0.1) is 12.7 Å². The number of benzene rings is 1. The first kappa shape index (κ1) is 11.1. The summed E-state index contributed by atoms with van der Waals surface area (Å²) in [6.07, 6.45) is 3.44. The fourth-order valence-corrected chi connectivity index (χ4v) is 3.46. The van der Waals surface area contributed by atoms with Gasteiger partial charge in [-0.25, -0.2) is 4.39 Å². The Morgan fingerprint density at radius 3 is 2.67 bits per heavy atom. The van der Waals surface area contributed by atoms with Crippen molar-refractivity contribution in [2.75, 3.05) is 0 Å². The SMILES string of the molecule is Cc1cc(F)cc(C2(C)CCC(Br)C2)c1. The van der Waals surface area contributed by atoms with Crippen LogP contribution in [0.25, 0.3) is 0 Å². The zero-order valence-electron chi connectivity index (χ0n) is 9.19. The Balaban J connectivity index is 2.36. The molecule has 0 N–H and O–H groups in total. The van der Waals surface area contributed by atoms with Crippen LogP contribution in [0.4, 0.5) is 4.39 Å². The summed E-state index contributed by atoms with van der Waals surface area (Å²) in [7, 11) is 0. The highest BCUT2D eigenvalue weighted by molar-refractivity contribution is 9.09. The van der Waals surface area contributed by atoms with E-state index in [1.54, 1.807) is 12.1 Å². The van der Waals surface area contributed by atoms with E-state index >= 15 is 0 Å². The number of aryl methyl sites for hydroxylation is 1. The van der Waals surface area contributed by atoms with E-state index in [9.17, 15) is 4.39 Å². The lowest BCUT2D eigenvalue weighted by Crippen LogP contribution is -2.18. The summed E-state index contributed by atoms with van der Waals surface area (Å²) in [6.45, 7) is 4.19. The lowest BCUT2D eigenvalue weighted by molar-refractivity contribution is 0.487. The zero-order valence-corrected chi connectivity index (χ0v) is 10.8. The van der Waals surface area contributed by atoms with Crippen molar-refractivity contribution in [2.45, 2.75) is 43.4 Å². The van der Waals surface area contributed by atoms with Crippen molar-refractivity contribution in [1.82, 2.24) is 0 Å². The van der Waals surface area contributed by atoms with Gasteiger partial charge in [0.15, 0.2) is 0 Å². The van der Waals surface area contributed by atoms with Gasteiger partial charge < -0.3 is 0 Å². The second-order valence-electron chi connectivity index (χ2n) is 4.92. The van der Waals surface area contributed by atoms with E-state index in [0.717, 1.165) is 24.0 Å². The van der Waals surface area contributed by atoms with Gasteiger partial charge in [-0.05, 0) is 54.9 Å². The summed E-state index contributed by atoms with van der Waals surface area (Å²) in [4.78, 5) is 0.589. The summed E-state index contributed by atoms with van der Waals surface area (Å²) in [6, 6.07) is 5.40. The van der Waals surface area contributed by atoms with E-state index in [1.807, 2.05) is 6.92 Å². The molecule has 1 fully saturated rings. The van der Waals surface area contributed by atoms with Gasteiger partial charge in [-0.2, -0.15) is 0 Å². The number of rotatable bonds is 1. The summed E-state index contributed by atoms with van der Waals surface area (Å²) in [5.74, 6) is -0.107. The van der Waals surface area contributed by atoms with Crippen LogP contribution in [0.2, 0.25) is 0 Å². The third kappa shape index (κ3) is 2.25. The molecule has 0 heterocycles. The second kappa shape index (κ2) is 3.89. The minimum atomic E-state index is -0.107. The standard InChI is InChI=1S/C13H16BrF/c1-9-5-10(7-12(15)6-9)13(2)4-3-11(14)8-13/h5-7,11H,3-4,8H2,1-2H3. The van der Waals surface area contributed by atoms with Crippen molar-refractivity contribution < 1.29 is 4.39 Å².